The van der Waals surface area contributed by atoms with Gasteiger partial charge in [-0.3, -0.25) is 4.79 Å². The Labute approximate surface area is 124 Å². The molecule has 0 bridgehead atoms. The maximum atomic E-state index is 11.8. The van der Waals surface area contributed by atoms with Gasteiger partial charge in [0.1, 0.15) is 6.54 Å². The highest BCUT2D eigenvalue weighted by Gasteiger charge is 2.06. The van der Waals surface area contributed by atoms with Crippen molar-refractivity contribution in [2.24, 2.45) is 0 Å². The summed E-state index contributed by atoms with van der Waals surface area (Å²) in [6, 6.07) is 7.63. The van der Waals surface area contributed by atoms with Crippen LogP contribution in [-0.2, 0) is 17.9 Å². The minimum absolute atomic E-state index is 0.122. The molecule has 0 spiro atoms. The lowest BCUT2D eigenvalue weighted by Gasteiger charge is -2.05. The van der Waals surface area contributed by atoms with Crippen LogP contribution in [0.15, 0.2) is 30.5 Å². The summed E-state index contributed by atoms with van der Waals surface area (Å²) in [5.74, 6) is -0.122. The summed E-state index contributed by atoms with van der Waals surface area (Å²) in [6.07, 6.45) is 1.75. The second-order valence-corrected chi connectivity index (χ2v) is 5.24. The van der Waals surface area contributed by atoms with E-state index in [0.717, 1.165) is 15.0 Å². The van der Waals surface area contributed by atoms with Gasteiger partial charge in [-0.05, 0) is 47.8 Å². The van der Waals surface area contributed by atoms with Crippen molar-refractivity contribution in [2.45, 2.75) is 13.1 Å². The first-order chi connectivity index (χ1) is 9.17. The molecule has 0 unspecified atom stereocenters. The number of anilines is 1. The van der Waals surface area contributed by atoms with Gasteiger partial charge in [-0.1, -0.05) is 11.3 Å². The van der Waals surface area contributed by atoms with Crippen molar-refractivity contribution in [2.75, 3.05) is 12.4 Å². The average Bonchev–Trinajstić information content (AvgIpc) is 2.77. The van der Waals surface area contributed by atoms with E-state index < -0.39 is 0 Å². The summed E-state index contributed by atoms with van der Waals surface area (Å²) in [7, 11) is 1.84. The maximum absolute atomic E-state index is 11.8. The first-order valence-corrected chi connectivity index (χ1v) is 6.84. The number of aromatic nitrogens is 3. The third-order valence-corrected chi connectivity index (χ3v) is 3.03. The van der Waals surface area contributed by atoms with E-state index in [0.29, 0.717) is 6.54 Å². The Bertz CT molecular complexity index is 569. The van der Waals surface area contributed by atoms with Gasteiger partial charge in [-0.2, -0.15) is 0 Å². The van der Waals surface area contributed by atoms with Crippen molar-refractivity contribution in [1.82, 2.24) is 20.3 Å². The molecule has 1 amide bonds. The van der Waals surface area contributed by atoms with Crippen LogP contribution >= 0.6 is 22.6 Å². The Morgan fingerprint density at radius 2 is 2.32 bits per heavy atom. The Balaban J connectivity index is 1.93. The molecule has 0 saturated heterocycles. The monoisotopic (exact) mass is 371 g/mol. The number of hydrogen-bond donors (Lipinski definition) is 2. The SMILES string of the molecule is CNCc1cn(CC(=O)Nc2cccc(I)c2)nn1. The second-order valence-electron chi connectivity index (χ2n) is 4.00. The molecule has 2 rings (SSSR count). The van der Waals surface area contributed by atoms with Crippen LogP contribution in [0, 0.1) is 3.57 Å². The highest BCUT2D eigenvalue weighted by molar-refractivity contribution is 14.1. The third kappa shape index (κ3) is 4.28. The van der Waals surface area contributed by atoms with Crippen molar-refractivity contribution in [3.63, 3.8) is 0 Å². The number of halogens is 1. The summed E-state index contributed by atoms with van der Waals surface area (Å²) >= 11 is 2.20. The Morgan fingerprint density at radius 3 is 3.05 bits per heavy atom. The Kier molecular flexibility index (Phi) is 4.86. The van der Waals surface area contributed by atoms with E-state index in [9.17, 15) is 4.79 Å². The zero-order valence-corrected chi connectivity index (χ0v) is 12.6. The van der Waals surface area contributed by atoms with Crippen LogP contribution < -0.4 is 10.6 Å². The van der Waals surface area contributed by atoms with Gasteiger partial charge < -0.3 is 10.6 Å². The molecule has 100 valence electrons. The molecule has 0 radical (unpaired) electrons. The van der Waals surface area contributed by atoms with Gasteiger partial charge in [0, 0.05) is 15.8 Å². The number of amides is 1. The predicted molar refractivity (Wildman–Crippen MR) is 80.6 cm³/mol. The van der Waals surface area contributed by atoms with Gasteiger partial charge in [0.15, 0.2) is 0 Å². The summed E-state index contributed by atoms with van der Waals surface area (Å²) in [5, 5.41) is 13.7. The molecule has 0 aliphatic carbocycles. The van der Waals surface area contributed by atoms with Gasteiger partial charge in [0.05, 0.1) is 11.9 Å². The molecule has 0 aliphatic heterocycles. The molecule has 19 heavy (non-hydrogen) atoms. The molecule has 2 N–H and O–H groups in total. The molecule has 7 heteroatoms. The minimum atomic E-state index is -0.122. The first-order valence-electron chi connectivity index (χ1n) is 5.76. The molecular weight excluding hydrogens is 357 g/mol. The molecule has 1 aromatic carbocycles. The van der Waals surface area contributed by atoms with Gasteiger partial charge in [0.25, 0.3) is 0 Å². The van der Waals surface area contributed by atoms with E-state index in [2.05, 4.69) is 43.5 Å². The van der Waals surface area contributed by atoms with Gasteiger partial charge in [-0.25, -0.2) is 4.68 Å². The van der Waals surface area contributed by atoms with Crippen LogP contribution in [0.1, 0.15) is 5.69 Å². The molecule has 0 aliphatic rings. The zero-order valence-electron chi connectivity index (χ0n) is 10.4. The molecule has 2 aromatic rings. The van der Waals surface area contributed by atoms with E-state index in [4.69, 9.17) is 0 Å². The normalized spacial score (nSPS) is 10.4. The first kappa shape index (κ1) is 13.9. The topological polar surface area (TPSA) is 71.8 Å². The van der Waals surface area contributed by atoms with E-state index in [1.807, 2.05) is 31.3 Å². The molecule has 1 aromatic heterocycles. The third-order valence-electron chi connectivity index (χ3n) is 2.36. The van der Waals surface area contributed by atoms with E-state index in [-0.39, 0.29) is 12.5 Å². The Hall–Kier alpha value is -1.48. The number of carbonyl (C=O) groups is 1. The summed E-state index contributed by atoms with van der Waals surface area (Å²) in [5.41, 5.74) is 1.59. The van der Waals surface area contributed by atoms with Crippen LogP contribution in [0.5, 0.6) is 0 Å². The van der Waals surface area contributed by atoms with Crippen LogP contribution in [-0.4, -0.2) is 27.9 Å². The van der Waals surface area contributed by atoms with Crippen LogP contribution in [0.25, 0.3) is 0 Å². The van der Waals surface area contributed by atoms with Gasteiger partial charge in [-0.15, -0.1) is 5.10 Å². The fraction of sp³-hybridized carbons (Fsp3) is 0.250. The largest absolute Gasteiger partial charge is 0.324 e. The van der Waals surface area contributed by atoms with Crippen molar-refractivity contribution in [3.05, 3.63) is 39.7 Å². The molecular formula is C12H14IN5O. The molecule has 1 heterocycles. The summed E-state index contributed by atoms with van der Waals surface area (Å²) in [6.45, 7) is 0.792. The van der Waals surface area contributed by atoms with Crippen LogP contribution in [0.3, 0.4) is 0 Å². The lowest BCUT2D eigenvalue weighted by Crippen LogP contribution is -2.19. The van der Waals surface area contributed by atoms with Crippen molar-refractivity contribution < 1.29 is 4.79 Å². The quantitative estimate of drug-likeness (QED) is 0.776. The second kappa shape index (κ2) is 6.62. The highest BCUT2D eigenvalue weighted by Crippen LogP contribution is 2.12. The van der Waals surface area contributed by atoms with E-state index in [1.54, 1.807) is 6.20 Å². The average molecular weight is 371 g/mol. The van der Waals surface area contributed by atoms with Gasteiger partial charge in [0.2, 0.25) is 5.91 Å². The van der Waals surface area contributed by atoms with Gasteiger partial charge >= 0.3 is 0 Å². The number of nitrogens with one attached hydrogen (secondary N) is 2. The van der Waals surface area contributed by atoms with Crippen LogP contribution in [0.4, 0.5) is 5.69 Å². The van der Waals surface area contributed by atoms with Crippen molar-refractivity contribution >= 4 is 34.2 Å². The molecule has 0 fully saturated rings. The number of hydrogen-bond acceptors (Lipinski definition) is 4. The zero-order chi connectivity index (χ0) is 13.7. The summed E-state index contributed by atoms with van der Waals surface area (Å²) < 4.78 is 2.60. The Morgan fingerprint density at radius 1 is 1.47 bits per heavy atom. The number of nitrogens with zero attached hydrogens (tertiary/aromatic N) is 3. The smallest absolute Gasteiger partial charge is 0.246 e. The standard InChI is InChI=1S/C12H14IN5O/c1-14-6-11-7-18(17-16-11)8-12(19)15-10-4-2-3-9(13)5-10/h2-5,7,14H,6,8H2,1H3,(H,15,19). The molecule has 0 saturated carbocycles. The molecule has 0 atom stereocenters. The summed E-state index contributed by atoms with van der Waals surface area (Å²) in [4.78, 5) is 11.8. The van der Waals surface area contributed by atoms with Crippen molar-refractivity contribution in [3.8, 4) is 0 Å². The van der Waals surface area contributed by atoms with E-state index >= 15 is 0 Å². The lowest BCUT2D eigenvalue weighted by molar-refractivity contribution is -0.116. The number of benzene rings is 1. The molecule has 6 nitrogen and oxygen atoms in total. The predicted octanol–water partition coefficient (Wildman–Crippen LogP) is 1.24. The fourth-order valence-electron chi connectivity index (χ4n) is 1.59. The van der Waals surface area contributed by atoms with Crippen molar-refractivity contribution in [1.29, 1.82) is 0 Å². The number of rotatable bonds is 5. The van der Waals surface area contributed by atoms with E-state index in [1.165, 1.54) is 4.68 Å². The number of carbonyl (C=O) groups excluding carboxylic acids is 1. The minimum Gasteiger partial charge on any atom is -0.324 e. The lowest BCUT2D eigenvalue weighted by atomic mass is 10.3. The van der Waals surface area contributed by atoms with Crippen LogP contribution in [0.2, 0.25) is 0 Å². The maximum Gasteiger partial charge on any atom is 0.246 e. The highest BCUT2D eigenvalue weighted by atomic mass is 127. The fourth-order valence-corrected chi connectivity index (χ4v) is 2.13.